The van der Waals surface area contributed by atoms with Gasteiger partial charge in [-0.1, -0.05) is 0 Å². The van der Waals surface area contributed by atoms with Gasteiger partial charge < -0.3 is 4.74 Å². The summed E-state index contributed by atoms with van der Waals surface area (Å²) in [7, 11) is 0. The van der Waals surface area contributed by atoms with Crippen LogP contribution in [0.3, 0.4) is 0 Å². The van der Waals surface area contributed by atoms with Gasteiger partial charge in [-0.2, -0.15) is 10.5 Å². The van der Waals surface area contributed by atoms with Crippen LogP contribution in [0.4, 0.5) is 0 Å². The van der Waals surface area contributed by atoms with E-state index >= 15 is 0 Å². The van der Waals surface area contributed by atoms with Crippen LogP contribution in [-0.4, -0.2) is 9.55 Å². The molecule has 0 spiro atoms. The lowest BCUT2D eigenvalue weighted by atomic mass is 10.3. The first-order valence-corrected chi connectivity index (χ1v) is 5.33. The molecule has 0 unspecified atom stereocenters. The Kier molecular flexibility index (Phi) is 3.56. The summed E-state index contributed by atoms with van der Waals surface area (Å²) in [6, 6.07) is 7.99. The van der Waals surface area contributed by atoms with E-state index < -0.39 is 5.56 Å². The van der Waals surface area contributed by atoms with Crippen molar-refractivity contribution in [2.75, 3.05) is 0 Å². The largest absolute Gasteiger partial charge is 0.473 e. The minimum atomic E-state index is -0.415. The molecular weight excluding hydrogens is 244 g/mol. The molecule has 2 heterocycles. The number of pyridine rings is 2. The number of hydrogen-bond donors (Lipinski definition) is 0. The van der Waals surface area contributed by atoms with E-state index in [0.29, 0.717) is 17.0 Å². The van der Waals surface area contributed by atoms with Crippen molar-refractivity contribution >= 4 is 0 Å². The van der Waals surface area contributed by atoms with Crippen molar-refractivity contribution < 1.29 is 4.74 Å². The van der Waals surface area contributed by atoms with Gasteiger partial charge in [0.05, 0.1) is 11.6 Å². The van der Waals surface area contributed by atoms with Gasteiger partial charge in [0.15, 0.2) is 6.19 Å². The highest BCUT2D eigenvalue weighted by Crippen LogP contribution is 2.10. The molecule has 0 radical (unpaired) electrons. The Balaban J connectivity index is 2.11. The second-order valence-electron chi connectivity index (χ2n) is 3.63. The molecule has 2 aromatic heterocycles. The maximum Gasteiger partial charge on any atom is 0.264 e. The number of nitrogens with zero attached hydrogens (tertiary/aromatic N) is 4. The summed E-state index contributed by atoms with van der Waals surface area (Å²) >= 11 is 0. The van der Waals surface area contributed by atoms with Gasteiger partial charge in [-0.3, -0.25) is 4.79 Å². The average Bonchev–Trinajstić information content (AvgIpc) is 2.45. The molecular formula is C13H8N4O2. The molecule has 0 fully saturated rings. The summed E-state index contributed by atoms with van der Waals surface area (Å²) in [5.41, 5.74) is 0.660. The van der Waals surface area contributed by atoms with Gasteiger partial charge in [-0.25, -0.2) is 9.55 Å². The Morgan fingerprint density at radius 2 is 2.16 bits per heavy atom. The van der Waals surface area contributed by atoms with E-state index in [-0.39, 0.29) is 6.61 Å². The van der Waals surface area contributed by atoms with Gasteiger partial charge in [-0.15, -0.1) is 0 Å². The molecule has 6 nitrogen and oxygen atoms in total. The van der Waals surface area contributed by atoms with Gasteiger partial charge in [0.2, 0.25) is 5.88 Å². The average molecular weight is 252 g/mol. The standard InChI is InChI=1S/C13H8N4O2/c14-7-10-1-3-16-12(5-10)19-8-11-2-4-17(9-15)13(18)6-11/h1-6H,8H2. The lowest BCUT2D eigenvalue weighted by molar-refractivity contribution is 0.293. The highest BCUT2D eigenvalue weighted by Gasteiger charge is 2.01. The minimum Gasteiger partial charge on any atom is -0.473 e. The summed E-state index contributed by atoms with van der Waals surface area (Å²) in [5.74, 6) is 0.309. The molecule has 0 atom stereocenters. The van der Waals surface area contributed by atoms with Crippen molar-refractivity contribution in [1.29, 1.82) is 10.5 Å². The number of aromatic nitrogens is 2. The molecule has 0 aliphatic rings. The second-order valence-corrected chi connectivity index (χ2v) is 3.63. The fourth-order valence-corrected chi connectivity index (χ4v) is 1.41. The molecule has 6 heteroatoms. The molecule has 2 rings (SSSR count). The third-order valence-electron chi connectivity index (χ3n) is 2.34. The molecule has 0 bridgehead atoms. The zero-order valence-corrected chi connectivity index (χ0v) is 9.78. The molecule has 92 valence electrons. The third-order valence-corrected chi connectivity index (χ3v) is 2.34. The zero-order valence-electron chi connectivity index (χ0n) is 9.78. The smallest absolute Gasteiger partial charge is 0.264 e. The van der Waals surface area contributed by atoms with Gasteiger partial charge in [-0.05, 0) is 17.7 Å². The van der Waals surface area contributed by atoms with Crippen molar-refractivity contribution in [3.05, 3.63) is 58.1 Å². The molecule has 0 aliphatic heterocycles. The maximum atomic E-state index is 11.4. The molecule has 2 aromatic rings. The molecule has 0 N–H and O–H groups in total. The fraction of sp³-hybridized carbons (Fsp3) is 0.0769. The first-order chi connectivity index (χ1) is 9.22. The van der Waals surface area contributed by atoms with Gasteiger partial charge in [0.1, 0.15) is 6.61 Å². The third kappa shape index (κ3) is 2.96. The fourth-order valence-electron chi connectivity index (χ4n) is 1.41. The van der Waals surface area contributed by atoms with Crippen molar-refractivity contribution in [3.8, 4) is 18.1 Å². The first kappa shape index (κ1) is 12.3. The van der Waals surface area contributed by atoms with Crippen LogP contribution in [0, 0.1) is 22.8 Å². The molecule has 0 aliphatic carbocycles. The van der Waals surface area contributed by atoms with Gasteiger partial charge >= 0.3 is 0 Å². The molecule has 0 aromatic carbocycles. The molecule has 19 heavy (non-hydrogen) atoms. The van der Waals surface area contributed by atoms with Crippen molar-refractivity contribution in [3.63, 3.8) is 0 Å². The predicted octanol–water partition coefficient (Wildman–Crippen LogP) is 1.02. The van der Waals surface area contributed by atoms with Gasteiger partial charge in [0, 0.05) is 24.5 Å². The summed E-state index contributed by atoms with van der Waals surface area (Å²) in [6.07, 6.45) is 4.58. The highest BCUT2D eigenvalue weighted by molar-refractivity contribution is 5.31. The van der Waals surface area contributed by atoms with Gasteiger partial charge in [0.25, 0.3) is 5.56 Å². The number of rotatable bonds is 3. The summed E-state index contributed by atoms with van der Waals surface area (Å²) in [4.78, 5) is 15.4. The normalized spacial score (nSPS) is 9.37. The first-order valence-electron chi connectivity index (χ1n) is 5.33. The van der Waals surface area contributed by atoms with Crippen LogP contribution in [0.5, 0.6) is 5.88 Å². The maximum absolute atomic E-state index is 11.4. The van der Waals surface area contributed by atoms with Crippen molar-refractivity contribution in [2.24, 2.45) is 0 Å². The molecule has 0 amide bonds. The predicted molar refractivity (Wildman–Crippen MR) is 65.0 cm³/mol. The van der Waals surface area contributed by atoms with E-state index in [0.717, 1.165) is 4.57 Å². The van der Waals surface area contributed by atoms with Crippen LogP contribution in [0.15, 0.2) is 41.5 Å². The SMILES string of the molecule is N#Cc1ccnc(OCc2ccn(C#N)c(=O)c2)c1. The van der Waals surface area contributed by atoms with Crippen LogP contribution in [-0.2, 0) is 6.61 Å². The van der Waals surface area contributed by atoms with Crippen molar-refractivity contribution in [2.45, 2.75) is 6.61 Å². The lowest BCUT2D eigenvalue weighted by Gasteiger charge is -2.05. The van der Waals surface area contributed by atoms with E-state index in [1.165, 1.54) is 24.5 Å². The Labute approximate surface area is 108 Å². The summed E-state index contributed by atoms with van der Waals surface area (Å²) in [6.45, 7) is 0.142. The second kappa shape index (κ2) is 5.48. The Morgan fingerprint density at radius 3 is 2.84 bits per heavy atom. The Morgan fingerprint density at radius 1 is 1.32 bits per heavy atom. The Hall–Kier alpha value is -3.12. The van der Waals surface area contributed by atoms with E-state index in [1.54, 1.807) is 18.3 Å². The van der Waals surface area contributed by atoms with Crippen LogP contribution < -0.4 is 10.3 Å². The van der Waals surface area contributed by atoms with E-state index in [2.05, 4.69) is 4.98 Å². The molecule has 0 saturated carbocycles. The number of ether oxygens (including phenoxy) is 1. The monoisotopic (exact) mass is 252 g/mol. The number of hydrogen-bond acceptors (Lipinski definition) is 5. The Bertz CT molecular complexity index is 737. The minimum absolute atomic E-state index is 0.142. The summed E-state index contributed by atoms with van der Waals surface area (Å²) < 4.78 is 6.28. The van der Waals surface area contributed by atoms with Crippen LogP contribution in [0.1, 0.15) is 11.1 Å². The topological polar surface area (TPSA) is 91.7 Å². The van der Waals surface area contributed by atoms with Crippen LogP contribution in [0.25, 0.3) is 0 Å². The quantitative estimate of drug-likeness (QED) is 0.813. The van der Waals surface area contributed by atoms with Crippen LogP contribution >= 0.6 is 0 Å². The van der Waals surface area contributed by atoms with Crippen LogP contribution in [0.2, 0.25) is 0 Å². The van der Waals surface area contributed by atoms with E-state index in [1.807, 2.05) is 6.07 Å². The van der Waals surface area contributed by atoms with E-state index in [4.69, 9.17) is 15.3 Å². The van der Waals surface area contributed by atoms with Crippen molar-refractivity contribution in [1.82, 2.24) is 9.55 Å². The highest BCUT2D eigenvalue weighted by atomic mass is 16.5. The summed E-state index contributed by atoms with van der Waals surface area (Å²) in [5, 5.41) is 17.3. The zero-order chi connectivity index (χ0) is 13.7. The lowest BCUT2D eigenvalue weighted by Crippen LogP contribution is -2.15. The number of nitriles is 2. The van der Waals surface area contributed by atoms with E-state index in [9.17, 15) is 4.79 Å². The molecule has 0 saturated heterocycles.